The first-order valence-corrected chi connectivity index (χ1v) is 9.06. The number of nitrogen functional groups attached to an aromatic ring is 1. The summed E-state index contributed by atoms with van der Waals surface area (Å²) in [6.45, 7) is 3.96. The largest absolute Gasteiger partial charge is 0.444 e. The minimum atomic E-state index is -0.0983. The molecule has 0 atom stereocenters. The Balaban J connectivity index is 1.38. The number of rotatable bonds is 4. The third kappa shape index (κ3) is 3.85. The van der Waals surface area contributed by atoms with Crippen molar-refractivity contribution in [3.63, 3.8) is 0 Å². The Labute approximate surface area is 158 Å². The molecule has 4 rings (SSSR count). The van der Waals surface area contributed by atoms with E-state index in [-0.39, 0.29) is 5.91 Å². The fourth-order valence-electron chi connectivity index (χ4n) is 3.30. The van der Waals surface area contributed by atoms with Gasteiger partial charge in [0.2, 0.25) is 5.89 Å². The standard InChI is InChI=1S/C21H22N4O2/c22-18-9-5-4-8-17(18)20-23-19(15-27-20)21(26)25-12-10-24(11-13-25)14-16-6-2-1-3-7-16/h1-9,15H,10-14,22H2. The van der Waals surface area contributed by atoms with Gasteiger partial charge in [-0.1, -0.05) is 42.5 Å². The van der Waals surface area contributed by atoms with Gasteiger partial charge in [0.15, 0.2) is 5.69 Å². The lowest BCUT2D eigenvalue weighted by molar-refractivity contribution is 0.0622. The van der Waals surface area contributed by atoms with E-state index in [1.165, 1.54) is 11.8 Å². The number of benzene rings is 2. The fraction of sp³-hybridized carbons (Fsp3) is 0.238. The molecule has 27 heavy (non-hydrogen) atoms. The molecular weight excluding hydrogens is 340 g/mol. The van der Waals surface area contributed by atoms with Crippen LogP contribution in [0.2, 0.25) is 0 Å². The third-order valence-corrected chi connectivity index (χ3v) is 4.82. The molecule has 1 amide bonds. The summed E-state index contributed by atoms with van der Waals surface area (Å²) in [6.07, 6.45) is 1.42. The van der Waals surface area contributed by atoms with Gasteiger partial charge < -0.3 is 15.1 Å². The van der Waals surface area contributed by atoms with Crippen LogP contribution in [-0.4, -0.2) is 46.9 Å². The molecule has 3 aromatic rings. The van der Waals surface area contributed by atoms with Crippen molar-refractivity contribution in [3.8, 4) is 11.5 Å². The van der Waals surface area contributed by atoms with Crippen molar-refractivity contribution >= 4 is 11.6 Å². The monoisotopic (exact) mass is 362 g/mol. The highest BCUT2D eigenvalue weighted by atomic mass is 16.3. The van der Waals surface area contributed by atoms with E-state index < -0.39 is 0 Å². The van der Waals surface area contributed by atoms with E-state index >= 15 is 0 Å². The second-order valence-corrected chi connectivity index (χ2v) is 6.68. The molecule has 6 heteroatoms. The lowest BCUT2D eigenvalue weighted by atomic mass is 10.2. The Morgan fingerprint density at radius 1 is 1.00 bits per heavy atom. The first-order chi connectivity index (χ1) is 13.2. The first-order valence-electron chi connectivity index (χ1n) is 9.06. The maximum Gasteiger partial charge on any atom is 0.275 e. The quantitative estimate of drug-likeness (QED) is 0.722. The van der Waals surface area contributed by atoms with Crippen molar-refractivity contribution in [3.05, 3.63) is 72.1 Å². The number of anilines is 1. The molecule has 1 aromatic heterocycles. The van der Waals surface area contributed by atoms with Gasteiger partial charge in [0.25, 0.3) is 5.91 Å². The second-order valence-electron chi connectivity index (χ2n) is 6.68. The van der Waals surface area contributed by atoms with Crippen LogP contribution in [-0.2, 0) is 6.54 Å². The Hall–Kier alpha value is -3.12. The van der Waals surface area contributed by atoms with E-state index in [1.54, 1.807) is 6.07 Å². The maximum absolute atomic E-state index is 12.7. The van der Waals surface area contributed by atoms with Gasteiger partial charge in [-0.3, -0.25) is 9.69 Å². The fourth-order valence-corrected chi connectivity index (χ4v) is 3.30. The van der Waals surface area contributed by atoms with Gasteiger partial charge in [-0.25, -0.2) is 4.98 Å². The lowest BCUT2D eigenvalue weighted by Gasteiger charge is -2.34. The predicted molar refractivity (Wildman–Crippen MR) is 104 cm³/mol. The topological polar surface area (TPSA) is 75.6 Å². The van der Waals surface area contributed by atoms with Crippen LogP contribution in [0, 0.1) is 0 Å². The van der Waals surface area contributed by atoms with Crippen molar-refractivity contribution < 1.29 is 9.21 Å². The van der Waals surface area contributed by atoms with Gasteiger partial charge in [-0.2, -0.15) is 0 Å². The molecule has 1 saturated heterocycles. The number of para-hydroxylation sites is 1. The molecule has 0 saturated carbocycles. The Kier molecular flexibility index (Phi) is 4.89. The Morgan fingerprint density at radius 2 is 1.70 bits per heavy atom. The van der Waals surface area contributed by atoms with Gasteiger partial charge in [-0.15, -0.1) is 0 Å². The lowest BCUT2D eigenvalue weighted by Crippen LogP contribution is -2.48. The van der Waals surface area contributed by atoms with Crippen molar-refractivity contribution in [2.24, 2.45) is 0 Å². The van der Waals surface area contributed by atoms with E-state index in [0.717, 1.165) is 19.6 Å². The molecule has 2 aromatic carbocycles. The summed E-state index contributed by atoms with van der Waals surface area (Å²) < 4.78 is 5.49. The van der Waals surface area contributed by atoms with Crippen molar-refractivity contribution in [1.82, 2.24) is 14.8 Å². The number of carbonyl (C=O) groups is 1. The van der Waals surface area contributed by atoms with Crippen LogP contribution >= 0.6 is 0 Å². The zero-order valence-corrected chi connectivity index (χ0v) is 15.0. The van der Waals surface area contributed by atoms with Crippen molar-refractivity contribution in [2.45, 2.75) is 6.54 Å². The van der Waals surface area contributed by atoms with Crippen molar-refractivity contribution in [2.75, 3.05) is 31.9 Å². The molecule has 0 spiro atoms. The van der Waals surface area contributed by atoms with Crippen LogP contribution in [0.15, 0.2) is 65.3 Å². The summed E-state index contributed by atoms with van der Waals surface area (Å²) in [7, 11) is 0. The SMILES string of the molecule is Nc1ccccc1-c1nc(C(=O)N2CCN(Cc3ccccc3)CC2)co1. The zero-order chi connectivity index (χ0) is 18.6. The number of nitrogens with two attached hydrogens (primary N) is 1. The number of aromatic nitrogens is 1. The van der Waals surface area contributed by atoms with Crippen LogP contribution in [0.4, 0.5) is 5.69 Å². The molecular formula is C21H22N4O2. The summed E-state index contributed by atoms with van der Waals surface area (Å²) >= 11 is 0. The summed E-state index contributed by atoms with van der Waals surface area (Å²) in [4.78, 5) is 21.3. The molecule has 2 heterocycles. The first kappa shape index (κ1) is 17.3. The Morgan fingerprint density at radius 3 is 2.44 bits per heavy atom. The summed E-state index contributed by atoms with van der Waals surface area (Å²) in [5.74, 6) is 0.276. The van der Waals surface area contributed by atoms with Gasteiger partial charge in [0.05, 0.1) is 5.56 Å². The molecule has 0 unspecified atom stereocenters. The van der Waals surface area contributed by atoms with Gasteiger partial charge in [-0.05, 0) is 17.7 Å². The number of hydrogen-bond donors (Lipinski definition) is 1. The minimum absolute atomic E-state index is 0.0983. The highest BCUT2D eigenvalue weighted by Gasteiger charge is 2.25. The minimum Gasteiger partial charge on any atom is -0.444 e. The van der Waals surface area contributed by atoms with Crippen LogP contribution in [0.25, 0.3) is 11.5 Å². The molecule has 6 nitrogen and oxygen atoms in total. The van der Waals surface area contributed by atoms with E-state index in [2.05, 4.69) is 34.1 Å². The van der Waals surface area contributed by atoms with Crippen LogP contribution in [0.5, 0.6) is 0 Å². The average Bonchev–Trinajstić information content (AvgIpc) is 3.19. The average molecular weight is 362 g/mol. The molecule has 1 fully saturated rings. The summed E-state index contributed by atoms with van der Waals surface area (Å²) in [6, 6.07) is 17.7. The summed E-state index contributed by atoms with van der Waals surface area (Å²) in [5, 5.41) is 0. The zero-order valence-electron chi connectivity index (χ0n) is 15.0. The molecule has 1 aliphatic heterocycles. The van der Waals surface area contributed by atoms with E-state index in [9.17, 15) is 4.79 Å². The molecule has 1 aliphatic rings. The number of amides is 1. The number of oxazole rings is 1. The normalized spacial score (nSPS) is 15.0. The molecule has 0 aliphatic carbocycles. The maximum atomic E-state index is 12.7. The molecule has 0 radical (unpaired) electrons. The molecule has 2 N–H and O–H groups in total. The van der Waals surface area contributed by atoms with E-state index in [0.29, 0.717) is 35.9 Å². The van der Waals surface area contributed by atoms with Gasteiger partial charge >= 0.3 is 0 Å². The third-order valence-electron chi connectivity index (χ3n) is 4.82. The van der Waals surface area contributed by atoms with Crippen LogP contribution in [0.1, 0.15) is 16.1 Å². The number of piperazine rings is 1. The smallest absolute Gasteiger partial charge is 0.275 e. The highest BCUT2D eigenvalue weighted by Crippen LogP contribution is 2.25. The van der Waals surface area contributed by atoms with E-state index in [1.807, 2.05) is 29.2 Å². The van der Waals surface area contributed by atoms with Crippen molar-refractivity contribution in [1.29, 1.82) is 0 Å². The number of nitrogens with zero attached hydrogens (tertiary/aromatic N) is 3. The van der Waals surface area contributed by atoms with Crippen LogP contribution < -0.4 is 5.73 Å². The molecule has 0 bridgehead atoms. The van der Waals surface area contributed by atoms with E-state index in [4.69, 9.17) is 10.2 Å². The van der Waals surface area contributed by atoms with Crippen LogP contribution in [0.3, 0.4) is 0 Å². The second kappa shape index (κ2) is 7.63. The number of carbonyl (C=O) groups excluding carboxylic acids is 1. The highest BCUT2D eigenvalue weighted by molar-refractivity contribution is 5.92. The van der Waals surface area contributed by atoms with Gasteiger partial charge in [0.1, 0.15) is 6.26 Å². The number of hydrogen-bond acceptors (Lipinski definition) is 5. The Bertz CT molecular complexity index is 915. The summed E-state index contributed by atoms with van der Waals surface area (Å²) in [5.41, 5.74) is 8.85. The predicted octanol–water partition coefficient (Wildman–Crippen LogP) is 2.88. The molecule has 138 valence electrons. The van der Waals surface area contributed by atoms with Gasteiger partial charge in [0, 0.05) is 38.4 Å².